The quantitative estimate of drug-likeness (QED) is 0.457. The third-order valence-corrected chi connectivity index (χ3v) is 1.85. The lowest BCUT2D eigenvalue weighted by Gasteiger charge is -2.01. The summed E-state index contributed by atoms with van der Waals surface area (Å²) in [5, 5.41) is 11.0. The van der Waals surface area contributed by atoms with Gasteiger partial charge in [-0.2, -0.15) is 0 Å². The van der Waals surface area contributed by atoms with E-state index >= 15 is 0 Å². The summed E-state index contributed by atoms with van der Waals surface area (Å²) in [5.74, 6) is 0. The van der Waals surface area contributed by atoms with Gasteiger partial charge in [-0.3, -0.25) is 14.9 Å². The first kappa shape index (κ1) is 9.91. The molecule has 0 saturated heterocycles. The Morgan fingerprint density at radius 2 is 2.31 bits per heavy atom. The molecule has 70 valence electrons. The van der Waals surface area contributed by atoms with Crippen LogP contribution in [-0.2, 0) is 6.54 Å². The van der Waals surface area contributed by atoms with E-state index in [4.69, 9.17) is 0 Å². The molecule has 0 aliphatic heterocycles. The lowest BCUT2D eigenvalue weighted by molar-refractivity contribution is -0.386. The first-order valence-electron chi connectivity index (χ1n) is 3.55. The van der Waals surface area contributed by atoms with Crippen LogP contribution in [0.4, 0.5) is 5.69 Å². The molecule has 0 aromatic carbocycles. The van der Waals surface area contributed by atoms with E-state index in [1.165, 1.54) is 18.5 Å². The Morgan fingerprint density at radius 3 is 2.85 bits per heavy atom. The molecule has 0 aliphatic rings. The number of alkyl halides is 1. The maximum atomic E-state index is 11.0. The van der Waals surface area contributed by atoms with Gasteiger partial charge in [0.1, 0.15) is 0 Å². The molecule has 0 fully saturated rings. The summed E-state index contributed by atoms with van der Waals surface area (Å²) in [4.78, 5) is 20.6. The van der Waals surface area contributed by atoms with Crippen LogP contribution in [0.15, 0.2) is 23.3 Å². The number of pyridine rings is 1. The van der Waals surface area contributed by atoms with Crippen molar-refractivity contribution < 1.29 is 4.92 Å². The van der Waals surface area contributed by atoms with Gasteiger partial charge >= 0.3 is 5.69 Å². The normalized spacial score (nSPS) is 9.92. The van der Waals surface area contributed by atoms with Crippen LogP contribution in [-0.4, -0.2) is 14.8 Å². The van der Waals surface area contributed by atoms with E-state index in [2.05, 4.69) is 15.9 Å². The molecule has 13 heavy (non-hydrogen) atoms. The summed E-state index contributed by atoms with van der Waals surface area (Å²) in [5.41, 5.74) is -0.945. The van der Waals surface area contributed by atoms with Gasteiger partial charge in [0.25, 0.3) is 5.43 Å². The minimum Gasteiger partial charge on any atom is -0.347 e. The summed E-state index contributed by atoms with van der Waals surface area (Å²) in [7, 11) is 0. The molecular formula is C7H7BrN2O3. The van der Waals surface area contributed by atoms with Gasteiger partial charge in [0, 0.05) is 24.1 Å². The van der Waals surface area contributed by atoms with Crippen LogP contribution in [0.25, 0.3) is 0 Å². The summed E-state index contributed by atoms with van der Waals surface area (Å²) >= 11 is 3.20. The molecule has 1 aromatic heterocycles. The summed E-state index contributed by atoms with van der Waals surface area (Å²) in [6, 6.07) is 1.20. The highest BCUT2D eigenvalue weighted by molar-refractivity contribution is 9.09. The van der Waals surface area contributed by atoms with Crippen molar-refractivity contribution in [1.82, 2.24) is 4.57 Å². The van der Waals surface area contributed by atoms with Gasteiger partial charge in [0.05, 0.1) is 11.1 Å². The topological polar surface area (TPSA) is 65.1 Å². The smallest absolute Gasteiger partial charge is 0.332 e. The minimum absolute atomic E-state index is 0.386. The van der Waals surface area contributed by atoms with Crippen molar-refractivity contribution in [3.05, 3.63) is 38.8 Å². The third-order valence-electron chi connectivity index (χ3n) is 1.50. The number of halogens is 1. The molecule has 0 N–H and O–H groups in total. The van der Waals surface area contributed by atoms with Gasteiger partial charge in [0.15, 0.2) is 0 Å². The first-order chi connectivity index (χ1) is 6.15. The van der Waals surface area contributed by atoms with Gasteiger partial charge in [-0.15, -0.1) is 0 Å². The number of aryl methyl sites for hydroxylation is 1. The fraction of sp³-hybridized carbons (Fsp3) is 0.286. The van der Waals surface area contributed by atoms with E-state index < -0.39 is 10.4 Å². The van der Waals surface area contributed by atoms with Gasteiger partial charge in [-0.1, -0.05) is 15.9 Å². The van der Waals surface area contributed by atoms with E-state index in [0.29, 0.717) is 11.9 Å². The monoisotopic (exact) mass is 246 g/mol. The van der Waals surface area contributed by atoms with E-state index in [-0.39, 0.29) is 5.69 Å². The molecule has 0 unspecified atom stereocenters. The second kappa shape index (κ2) is 4.18. The van der Waals surface area contributed by atoms with Gasteiger partial charge < -0.3 is 4.57 Å². The number of rotatable bonds is 3. The molecule has 1 heterocycles. The highest BCUT2D eigenvalue weighted by Crippen LogP contribution is 2.02. The van der Waals surface area contributed by atoms with E-state index in [1.807, 2.05) is 0 Å². The highest BCUT2D eigenvalue weighted by atomic mass is 79.9. The largest absolute Gasteiger partial charge is 0.347 e. The zero-order chi connectivity index (χ0) is 9.84. The van der Waals surface area contributed by atoms with Crippen LogP contribution in [0.3, 0.4) is 0 Å². The highest BCUT2D eigenvalue weighted by Gasteiger charge is 2.10. The van der Waals surface area contributed by atoms with Crippen molar-refractivity contribution in [3.63, 3.8) is 0 Å². The van der Waals surface area contributed by atoms with E-state index in [0.717, 1.165) is 0 Å². The molecule has 0 aliphatic carbocycles. The predicted octanol–water partition coefficient (Wildman–Crippen LogP) is 1.15. The average molecular weight is 247 g/mol. The molecule has 5 nitrogen and oxygen atoms in total. The molecular weight excluding hydrogens is 240 g/mol. The lowest BCUT2D eigenvalue weighted by atomic mass is 10.4. The molecule has 0 saturated carbocycles. The fourth-order valence-corrected chi connectivity index (χ4v) is 1.30. The number of nitrogens with zero attached hydrogens (tertiary/aromatic N) is 2. The summed E-state index contributed by atoms with van der Waals surface area (Å²) in [6.07, 6.45) is 2.76. The Morgan fingerprint density at radius 1 is 1.62 bits per heavy atom. The Labute approximate surface area is 82.3 Å². The second-order valence-corrected chi connectivity index (χ2v) is 3.17. The molecule has 0 amide bonds. The zero-order valence-electron chi connectivity index (χ0n) is 6.64. The zero-order valence-corrected chi connectivity index (χ0v) is 8.23. The standard InChI is InChI=1S/C7H7BrN2O3/c8-2-4-9-3-1-7(11)6(5-9)10(12)13/h1,3,5H,2,4H2. The van der Waals surface area contributed by atoms with Crippen LogP contribution in [0.2, 0.25) is 0 Å². The molecule has 0 bridgehead atoms. The summed E-state index contributed by atoms with van der Waals surface area (Å²) in [6.45, 7) is 0.598. The lowest BCUT2D eigenvalue weighted by Crippen LogP contribution is -2.11. The van der Waals surface area contributed by atoms with E-state index in [9.17, 15) is 14.9 Å². The maximum Gasteiger partial charge on any atom is 0.332 e. The molecule has 1 rings (SSSR count). The van der Waals surface area contributed by atoms with Crippen molar-refractivity contribution in [2.45, 2.75) is 6.54 Å². The van der Waals surface area contributed by atoms with E-state index in [1.54, 1.807) is 4.57 Å². The molecule has 1 aromatic rings. The van der Waals surface area contributed by atoms with Crippen molar-refractivity contribution >= 4 is 21.6 Å². The van der Waals surface area contributed by atoms with Gasteiger partial charge in [-0.25, -0.2) is 0 Å². The molecule has 6 heteroatoms. The number of aromatic nitrogens is 1. The Balaban J connectivity index is 3.11. The Bertz CT molecular complexity index is 374. The van der Waals surface area contributed by atoms with Gasteiger partial charge in [0.2, 0.25) is 0 Å². The number of hydrogen-bond donors (Lipinski definition) is 0. The molecule has 0 radical (unpaired) electrons. The Kier molecular flexibility index (Phi) is 3.18. The number of nitro groups is 1. The predicted molar refractivity (Wildman–Crippen MR) is 51.2 cm³/mol. The maximum absolute atomic E-state index is 11.0. The van der Waals surface area contributed by atoms with Gasteiger partial charge in [-0.05, 0) is 0 Å². The Hall–Kier alpha value is -1.17. The van der Waals surface area contributed by atoms with Crippen molar-refractivity contribution in [2.75, 3.05) is 5.33 Å². The third kappa shape index (κ3) is 2.38. The van der Waals surface area contributed by atoms with Crippen LogP contribution >= 0.6 is 15.9 Å². The van der Waals surface area contributed by atoms with Crippen molar-refractivity contribution in [1.29, 1.82) is 0 Å². The molecule has 0 spiro atoms. The van der Waals surface area contributed by atoms with Crippen molar-refractivity contribution in [3.8, 4) is 0 Å². The van der Waals surface area contributed by atoms with Crippen LogP contribution < -0.4 is 5.43 Å². The average Bonchev–Trinajstić information content (AvgIpc) is 2.08. The van der Waals surface area contributed by atoms with Crippen LogP contribution in [0, 0.1) is 10.1 Å². The van der Waals surface area contributed by atoms with Crippen molar-refractivity contribution in [2.24, 2.45) is 0 Å². The SMILES string of the molecule is O=c1ccn(CCBr)cc1[N+](=O)[O-]. The van der Waals surface area contributed by atoms with Crippen LogP contribution in [0.5, 0.6) is 0 Å². The second-order valence-electron chi connectivity index (χ2n) is 2.38. The number of hydrogen-bond acceptors (Lipinski definition) is 3. The summed E-state index contributed by atoms with van der Waals surface area (Å²) < 4.78 is 1.59. The minimum atomic E-state index is -0.674. The molecule has 0 atom stereocenters. The fourth-order valence-electron chi connectivity index (χ4n) is 0.886. The first-order valence-corrected chi connectivity index (χ1v) is 4.67. The van der Waals surface area contributed by atoms with Crippen LogP contribution in [0.1, 0.15) is 0 Å².